The van der Waals surface area contributed by atoms with Gasteiger partial charge in [-0.3, -0.25) is 14.9 Å². The van der Waals surface area contributed by atoms with Crippen LogP contribution < -0.4 is 0 Å². The topological polar surface area (TPSA) is 61.9 Å². The van der Waals surface area contributed by atoms with Gasteiger partial charge in [0.05, 0.1) is 23.9 Å². The van der Waals surface area contributed by atoms with E-state index >= 15 is 0 Å². The monoisotopic (exact) mass is 308 g/mol. The lowest BCUT2D eigenvalue weighted by atomic mass is 9.43. The molecule has 0 saturated heterocycles. The Morgan fingerprint density at radius 2 is 2.09 bits per heavy atom. The van der Waals surface area contributed by atoms with E-state index in [9.17, 15) is 4.79 Å². The van der Waals surface area contributed by atoms with E-state index in [-0.39, 0.29) is 11.3 Å². The molecule has 1 spiro atoms. The SMILES string of the molecule is O=C(N1Cc2cn[nH]c2C1)C1(c2cccnc2)CC2(CCC2)C1. The highest BCUT2D eigenvalue weighted by Gasteiger charge is 2.62. The molecule has 1 N–H and O–H groups in total. The third-order valence-electron chi connectivity index (χ3n) is 6.20. The Hall–Kier alpha value is -2.17. The van der Waals surface area contributed by atoms with Gasteiger partial charge in [0.2, 0.25) is 5.91 Å². The fraction of sp³-hybridized carbons (Fsp3) is 0.500. The summed E-state index contributed by atoms with van der Waals surface area (Å²) in [6.45, 7) is 1.34. The molecule has 1 amide bonds. The molecule has 5 heteroatoms. The minimum absolute atomic E-state index is 0.271. The van der Waals surface area contributed by atoms with Crippen molar-refractivity contribution in [1.29, 1.82) is 0 Å². The van der Waals surface area contributed by atoms with Crippen molar-refractivity contribution in [3.05, 3.63) is 47.5 Å². The molecule has 118 valence electrons. The first-order valence-electron chi connectivity index (χ1n) is 8.42. The van der Waals surface area contributed by atoms with Gasteiger partial charge < -0.3 is 4.90 Å². The zero-order valence-electron chi connectivity index (χ0n) is 13.1. The molecule has 2 aromatic heterocycles. The Morgan fingerprint density at radius 1 is 1.22 bits per heavy atom. The molecule has 5 rings (SSSR count). The van der Waals surface area contributed by atoms with E-state index in [4.69, 9.17) is 0 Å². The van der Waals surface area contributed by atoms with Crippen molar-refractivity contribution in [1.82, 2.24) is 20.1 Å². The van der Waals surface area contributed by atoms with Crippen LogP contribution in [0.15, 0.2) is 30.7 Å². The van der Waals surface area contributed by atoms with Crippen molar-refractivity contribution in [3.63, 3.8) is 0 Å². The predicted octanol–water partition coefficient (Wildman–Crippen LogP) is 2.55. The van der Waals surface area contributed by atoms with Crippen LogP contribution in [-0.4, -0.2) is 26.0 Å². The first-order chi connectivity index (χ1) is 11.2. The number of pyridine rings is 1. The Labute approximate surface area is 135 Å². The van der Waals surface area contributed by atoms with Crippen LogP contribution in [0.1, 0.15) is 48.9 Å². The summed E-state index contributed by atoms with van der Waals surface area (Å²) >= 11 is 0. The van der Waals surface area contributed by atoms with Crippen LogP contribution in [0.5, 0.6) is 0 Å². The number of rotatable bonds is 2. The van der Waals surface area contributed by atoms with Crippen molar-refractivity contribution in [3.8, 4) is 0 Å². The number of nitrogens with one attached hydrogen (secondary N) is 1. The standard InChI is InChI=1S/C18H20N4O/c23-16(22-9-13-7-20-21-15(13)10-22)18(14-3-1-6-19-8-14)11-17(12-18)4-2-5-17/h1,3,6-8H,2,4-5,9-12H2,(H,20,21). The van der Waals surface area contributed by atoms with Gasteiger partial charge in [0.15, 0.2) is 0 Å². The van der Waals surface area contributed by atoms with E-state index in [0.29, 0.717) is 18.5 Å². The number of carbonyl (C=O) groups is 1. The molecular weight excluding hydrogens is 288 g/mol. The quantitative estimate of drug-likeness (QED) is 0.927. The van der Waals surface area contributed by atoms with Crippen molar-refractivity contribution >= 4 is 5.91 Å². The summed E-state index contributed by atoms with van der Waals surface area (Å²) in [5, 5.41) is 7.08. The Morgan fingerprint density at radius 3 is 2.74 bits per heavy atom. The van der Waals surface area contributed by atoms with Gasteiger partial charge in [-0.25, -0.2) is 0 Å². The average Bonchev–Trinajstić information content (AvgIpc) is 3.07. The summed E-state index contributed by atoms with van der Waals surface area (Å²) < 4.78 is 0. The molecule has 0 unspecified atom stereocenters. The van der Waals surface area contributed by atoms with Crippen molar-refractivity contribution in [2.45, 2.75) is 50.6 Å². The van der Waals surface area contributed by atoms with Crippen LogP contribution in [0, 0.1) is 5.41 Å². The van der Waals surface area contributed by atoms with E-state index in [1.165, 1.54) is 19.3 Å². The second-order valence-corrected chi connectivity index (χ2v) is 7.57. The number of aromatic amines is 1. The van der Waals surface area contributed by atoms with Gasteiger partial charge in [-0.1, -0.05) is 12.5 Å². The normalized spacial score (nSPS) is 23.2. The van der Waals surface area contributed by atoms with Crippen LogP contribution in [0.25, 0.3) is 0 Å². The summed E-state index contributed by atoms with van der Waals surface area (Å²) in [5.74, 6) is 0.271. The highest BCUT2D eigenvalue weighted by molar-refractivity contribution is 5.90. The molecule has 0 atom stereocenters. The van der Waals surface area contributed by atoms with Gasteiger partial charge in [0.25, 0.3) is 0 Å². The van der Waals surface area contributed by atoms with Crippen molar-refractivity contribution in [2.75, 3.05) is 0 Å². The Bertz CT molecular complexity index is 734. The molecule has 2 aromatic rings. The largest absolute Gasteiger partial charge is 0.332 e. The number of hydrogen-bond acceptors (Lipinski definition) is 3. The zero-order chi connectivity index (χ0) is 15.5. The van der Waals surface area contributed by atoms with Crippen LogP contribution in [0.3, 0.4) is 0 Å². The number of hydrogen-bond donors (Lipinski definition) is 1. The summed E-state index contributed by atoms with van der Waals surface area (Å²) in [7, 11) is 0. The number of aromatic nitrogens is 3. The summed E-state index contributed by atoms with van der Waals surface area (Å²) in [4.78, 5) is 19.7. The maximum absolute atomic E-state index is 13.4. The van der Waals surface area contributed by atoms with Crippen LogP contribution in [0.4, 0.5) is 0 Å². The van der Waals surface area contributed by atoms with Crippen LogP contribution in [-0.2, 0) is 23.3 Å². The smallest absolute Gasteiger partial charge is 0.233 e. The minimum Gasteiger partial charge on any atom is -0.332 e. The lowest BCUT2D eigenvalue weighted by Gasteiger charge is -2.61. The number of H-pyrrole nitrogens is 1. The lowest BCUT2D eigenvalue weighted by Crippen LogP contribution is -2.60. The fourth-order valence-corrected chi connectivity index (χ4v) is 4.89. The molecule has 1 aliphatic heterocycles. The average molecular weight is 308 g/mol. The Balaban J connectivity index is 1.46. The van der Waals surface area contributed by atoms with E-state index < -0.39 is 0 Å². The summed E-state index contributed by atoms with van der Waals surface area (Å²) in [6, 6.07) is 4.03. The second-order valence-electron chi connectivity index (χ2n) is 7.57. The van der Waals surface area contributed by atoms with Crippen LogP contribution in [0.2, 0.25) is 0 Å². The second kappa shape index (κ2) is 4.43. The number of fused-ring (bicyclic) bond motifs is 1. The van der Waals surface area contributed by atoms with E-state index in [0.717, 1.165) is 29.7 Å². The molecule has 0 aromatic carbocycles. The highest BCUT2D eigenvalue weighted by Crippen LogP contribution is 2.65. The van der Waals surface area contributed by atoms with Gasteiger partial charge in [0, 0.05) is 24.5 Å². The van der Waals surface area contributed by atoms with Crippen LogP contribution >= 0.6 is 0 Å². The molecule has 3 aliphatic rings. The van der Waals surface area contributed by atoms with E-state index in [1.807, 2.05) is 23.4 Å². The first kappa shape index (κ1) is 13.3. The molecule has 3 heterocycles. The van der Waals surface area contributed by atoms with Crippen molar-refractivity contribution in [2.24, 2.45) is 5.41 Å². The number of amides is 1. The number of nitrogens with zero attached hydrogens (tertiary/aromatic N) is 3. The third-order valence-corrected chi connectivity index (χ3v) is 6.20. The zero-order valence-corrected chi connectivity index (χ0v) is 13.1. The third kappa shape index (κ3) is 1.76. The molecule has 2 saturated carbocycles. The maximum atomic E-state index is 13.4. The van der Waals surface area contributed by atoms with Gasteiger partial charge >= 0.3 is 0 Å². The summed E-state index contributed by atoms with van der Waals surface area (Å²) in [5.41, 5.74) is 3.40. The van der Waals surface area contributed by atoms with Gasteiger partial charge in [0.1, 0.15) is 0 Å². The highest BCUT2D eigenvalue weighted by atomic mass is 16.2. The summed E-state index contributed by atoms with van der Waals surface area (Å²) in [6.07, 6.45) is 11.4. The molecule has 5 nitrogen and oxygen atoms in total. The molecule has 2 aliphatic carbocycles. The molecular formula is C18H20N4O. The maximum Gasteiger partial charge on any atom is 0.233 e. The first-order valence-corrected chi connectivity index (χ1v) is 8.42. The van der Waals surface area contributed by atoms with Crippen molar-refractivity contribution < 1.29 is 4.79 Å². The number of carbonyl (C=O) groups excluding carboxylic acids is 1. The lowest BCUT2D eigenvalue weighted by molar-refractivity contribution is -0.154. The van der Waals surface area contributed by atoms with E-state index in [1.54, 1.807) is 6.20 Å². The van der Waals surface area contributed by atoms with E-state index in [2.05, 4.69) is 21.2 Å². The molecule has 23 heavy (non-hydrogen) atoms. The Kier molecular flexibility index (Phi) is 2.56. The minimum atomic E-state index is -0.356. The van der Waals surface area contributed by atoms with Gasteiger partial charge in [-0.15, -0.1) is 0 Å². The van der Waals surface area contributed by atoms with Gasteiger partial charge in [-0.05, 0) is 42.7 Å². The fourth-order valence-electron chi connectivity index (χ4n) is 4.89. The van der Waals surface area contributed by atoms with Gasteiger partial charge in [-0.2, -0.15) is 5.10 Å². The molecule has 2 fully saturated rings. The molecule has 0 bridgehead atoms. The predicted molar refractivity (Wildman–Crippen MR) is 84.3 cm³/mol. The molecule has 0 radical (unpaired) electrons.